The molecule has 0 spiro atoms. The van der Waals surface area contributed by atoms with Gasteiger partial charge in [0.05, 0.1) is 22.4 Å². The molecule has 0 fully saturated rings. The Morgan fingerprint density at radius 2 is 1.27 bits per heavy atom. The highest BCUT2D eigenvalue weighted by atomic mass is 28.3. The maximum atomic E-state index is 4.80. The van der Waals surface area contributed by atoms with Crippen LogP contribution in [0, 0.1) is 13.8 Å². The van der Waals surface area contributed by atoms with Crippen LogP contribution >= 0.6 is 0 Å². The molecular weight excluding hydrogens is 565 g/mol. The molecule has 7 aromatic rings. The first-order valence-corrected chi connectivity index (χ1v) is 18.7. The Bertz CT molecular complexity index is 2230. The molecule has 0 bridgehead atoms. The van der Waals surface area contributed by atoms with Crippen molar-refractivity contribution in [3.8, 4) is 5.82 Å². The van der Waals surface area contributed by atoms with Gasteiger partial charge in [-0.25, -0.2) is 4.98 Å². The van der Waals surface area contributed by atoms with Crippen molar-refractivity contribution in [2.75, 3.05) is 16.5 Å². The molecule has 0 N–H and O–H groups in total. The molecule has 3 heterocycles. The van der Waals surface area contributed by atoms with Crippen molar-refractivity contribution in [1.29, 1.82) is 0 Å². The third-order valence-corrected chi connectivity index (χ3v) is 13.1. The lowest BCUT2D eigenvalue weighted by atomic mass is 10.1. The van der Waals surface area contributed by atoms with Crippen molar-refractivity contribution < 1.29 is 0 Å². The topological polar surface area (TPSA) is 24.3 Å². The monoisotopic (exact) mass is 600 g/mol. The third kappa shape index (κ3) is 4.46. The summed E-state index contributed by atoms with van der Waals surface area (Å²) in [6.45, 7) is 10.1. The van der Waals surface area contributed by atoms with Gasteiger partial charge in [0.2, 0.25) is 0 Å². The molecule has 2 aromatic heterocycles. The number of nitrogens with zero attached hydrogens (tertiary/aromatic N) is 4. The van der Waals surface area contributed by atoms with E-state index in [1.165, 1.54) is 66.1 Å². The zero-order valence-corrected chi connectivity index (χ0v) is 27.2. The van der Waals surface area contributed by atoms with E-state index < -0.39 is 8.07 Å². The van der Waals surface area contributed by atoms with E-state index in [4.69, 9.17) is 4.98 Å². The smallest absolute Gasteiger partial charge is 0.137 e. The van der Waals surface area contributed by atoms with Gasteiger partial charge in [0, 0.05) is 28.3 Å². The second kappa shape index (κ2) is 10.5. The Balaban J connectivity index is 1.22. The minimum absolute atomic E-state index is 0.783. The molecule has 45 heavy (non-hydrogen) atoms. The lowest BCUT2D eigenvalue weighted by Crippen LogP contribution is -2.53. The van der Waals surface area contributed by atoms with E-state index in [9.17, 15) is 0 Å². The van der Waals surface area contributed by atoms with Crippen LogP contribution < -0.4 is 20.2 Å². The molecule has 220 valence electrons. The Hall–Kier alpha value is -5.13. The van der Waals surface area contributed by atoms with Gasteiger partial charge in [0.15, 0.2) is 0 Å². The van der Waals surface area contributed by atoms with E-state index in [0.29, 0.717) is 0 Å². The highest BCUT2D eigenvalue weighted by Crippen LogP contribution is 2.44. The zero-order valence-electron chi connectivity index (χ0n) is 26.2. The average Bonchev–Trinajstić information content (AvgIpc) is 3.61. The number of rotatable bonds is 5. The fraction of sp³-hybridized carbons (Fsp3) is 0.125. The first-order chi connectivity index (χ1) is 21.9. The largest absolute Gasteiger partial charge is 0.321 e. The molecule has 5 heteroatoms. The minimum Gasteiger partial charge on any atom is -0.321 e. The van der Waals surface area contributed by atoms with Gasteiger partial charge in [-0.1, -0.05) is 96.3 Å². The van der Waals surface area contributed by atoms with Crippen molar-refractivity contribution >= 4 is 63.0 Å². The van der Waals surface area contributed by atoms with Crippen LogP contribution in [0.2, 0.25) is 13.1 Å². The summed E-state index contributed by atoms with van der Waals surface area (Å²) in [5.41, 5.74) is 9.87. The van der Waals surface area contributed by atoms with Crippen LogP contribution in [-0.2, 0) is 0 Å². The number of hydrogen-bond acceptors (Lipinski definition) is 3. The molecule has 0 saturated carbocycles. The Morgan fingerprint density at radius 1 is 0.578 bits per heavy atom. The normalized spacial score (nSPS) is 13.2. The van der Waals surface area contributed by atoms with Gasteiger partial charge < -0.3 is 9.80 Å². The summed E-state index contributed by atoms with van der Waals surface area (Å²) in [5, 5.41) is 5.35. The number of benzene rings is 5. The summed E-state index contributed by atoms with van der Waals surface area (Å²) in [5.74, 6) is 0.964. The van der Waals surface area contributed by atoms with Crippen LogP contribution in [0.1, 0.15) is 11.1 Å². The molecule has 8 rings (SSSR count). The van der Waals surface area contributed by atoms with Gasteiger partial charge in [0.25, 0.3) is 0 Å². The first-order valence-electron chi connectivity index (χ1n) is 15.7. The number of para-hydroxylation sites is 4. The molecule has 1 aliphatic heterocycles. The number of fused-ring (bicyclic) bond motifs is 4. The summed E-state index contributed by atoms with van der Waals surface area (Å²) < 4.78 is 2.34. The van der Waals surface area contributed by atoms with Gasteiger partial charge in [-0.2, -0.15) is 0 Å². The molecule has 0 aliphatic carbocycles. The summed E-state index contributed by atoms with van der Waals surface area (Å²) in [6.07, 6.45) is 1.91. The fourth-order valence-electron chi connectivity index (χ4n) is 6.99. The summed E-state index contributed by atoms with van der Waals surface area (Å²) >= 11 is 0. The van der Waals surface area contributed by atoms with E-state index >= 15 is 0 Å². The molecular formula is C40H36N4Si. The van der Waals surface area contributed by atoms with Gasteiger partial charge in [-0.3, -0.25) is 4.57 Å². The molecule has 4 nitrogen and oxygen atoms in total. The fourth-order valence-corrected chi connectivity index (χ4v) is 9.34. The van der Waals surface area contributed by atoms with E-state index in [0.717, 1.165) is 12.5 Å². The predicted molar refractivity (Wildman–Crippen MR) is 193 cm³/mol. The second-order valence-electron chi connectivity index (χ2n) is 12.7. The van der Waals surface area contributed by atoms with E-state index in [1.807, 2.05) is 6.20 Å². The Labute approximate surface area is 265 Å². The second-order valence-corrected chi connectivity index (χ2v) is 17.1. The molecule has 0 saturated heterocycles. The van der Waals surface area contributed by atoms with Crippen LogP contribution in [0.4, 0.5) is 22.7 Å². The summed E-state index contributed by atoms with van der Waals surface area (Å²) in [6, 6.07) is 46.8. The van der Waals surface area contributed by atoms with Crippen molar-refractivity contribution in [3.05, 3.63) is 145 Å². The van der Waals surface area contributed by atoms with Gasteiger partial charge in [-0.15, -0.1) is 0 Å². The number of aryl methyl sites for hydroxylation is 2. The number of pyridine rings is 1. The summed E-state index contributed by atoms with van der Waals surface area (Å²) in [4.78, 5) is 9.70. The van der Waals surface area contributed by atoms with Crippen molar-refractivity contribution in [2.24, 2.45) is 0 Å². The molecule has 1 aliphatic rings. The highest BCUT2D eigenvalue weighted by molar-refractivity contribution is 7.00. The SMILES string of the molecule is Cc1ccnc(-n2c3ccccc3c3ccc([Si](C)(C)c4cccc(N5CN(c6ccccc6C)c6ccccc65)c4)cc32)c1. The Morgan fingerprint density at radius 3 is 2.07 bits per heavy atom. The van der Waals surface area contributed by atoms with E-state index in [-0.39, 0.29) is 0 Å². The van der Waals surface area contributed by atoms with E-state index in [2.05, 4.69) is 169 Å². The van der Waals surface area contributed by atoms with Crippen molar-refractivity contribution in [1.82, 2.24) is 9.55 Å². The quantitative estimate of drug-likeness (QED) is 0.185. The number of anilines is 4. The van der Waals surface area contributed by atoms with Crippen LogP contribution in [0.3, 0.4) is 0 Å². The maximum Gasteiger partial charge on any atom is 0.137 e. The molecule has 0 unspecified atom stereocenters. The molecule has 0 atom stereocenters. The minimum atomic E-state index is -2.09. The van der Waals surface area contributed by atoms with Gasteiger partial charge in [0.1, 0.15) is 20.6 Å². The predicted octanol–water partition coefficient (Wildman–Crippen LogP) is 8.87. The van der Waals surface area contributed by atoms with Crippen LogP contribution in [-0.4, -0.2) is 24.3 Å². The first kappa shape index (κ1) is 27.4. The molecule has 5 aromatic carbocycles. The standard InChI is InChI=1S/C40H36N4Si/c1-28-22-23-41-40(24-28)44-36-17-8-6-15-33(36)34-21-20-32(26-39(34)44)45(3,4)31-14-11-13-30(25-31)42-27-43(35-16-7-5-12-29(35)2)38-19-10-9-18-37(38)42/h5-26H,27H2,1-4H3. The zero-order chi connectivity index (χ0) is 30.7. The maximum absolute atomic E-state index is 4.80. The highest BCUT2D eigenvalue weighted by Gasteiger charge is 2.31. The molecule has 0 amide bonds. The lowest BCUT2D eigenvalue weighted by molar-refractivity contribution is 0.986. The average molecular weight is 601 g/mol. The van der Waals surface area contributed by atoms with Gasteiger partial charge in [-0.05, 0) is 79.6 Å². The van der Waals surface area contributed by atoms with Crippen molar-refractivity contribution in [3.63, 3.8) is 0 Å². The Kier molecular flexibility index (Phi) is 6.40. The molecule has 0 radical (unpaired) electrons. The summed E-state index contributed by atoms with van der Waals surface area (Å²) in [7, 11) is -2.09. The van der Waals surface area contributed by atoms with Crippen molar-refractivity contribution in [2.45, 2.75) is 26.9 Å². The van der Waals surface area contributed by atoms with Crippen LogP contribution in [0.5, 0.6) is 0 Å². The number of aromatic nitrogens is 2. The number of hydrogen-bond donors (Lipinski definition) is 0. The van der Waals surface area contributed by atoms with Crippen LogP contribution in [0.15, 0.2) is 134 Å². The third-order valence-electron chi connectivity index (χ3n) is 9.56. The van der Waals surface area contributed by atoms with E-state index in [1.54, 1.807) is 0 Å². The van der Waals surface area contributed by atoms with Crippen LogP contribution in [0.25, 0.3) is 27.6 Å². The lowest BCUT2D eigenvalue weighted by Gasteiger charge is -2.27. The van der Waals surface area contributed by atoms with Gasteiger partial charge >= 0.3 is 0 Å².